The van der Waals surface area contributed by atoms with Crippen LogP contribution in [0.25, 0.3) is 0 Å². The van der Waals surface area contributed by atoms with Gasteiger partial charge in [-0.05, 0) is 42.4 Å². The first kappa shape index (κ1) is 13.4. The van der Waals surface area contributed by atoms with Crippen LogP contribution in [-0.4, -0.2) is 0 Å². The predicted molar refractivity (Wildman–Crippen MR) is 76.0 cm³/mol. The topological polar surface area (TPSA) is 0 Å². The van der Waals surface area contributed by atoms with Gasteiger partial charge in [0.15, 0.2) is 0 Å². The lowest BCUT2D eigenvalue weighted by molar-refractivity contribution is 0.104. The summed E-state index contributed by atoms with van der Waals surface area (Å²) in [6.45, 7) is 7.63. The van der Waals surface area contributed by atoms with Crippen LogP contribution in [0.2, 0.25) is 0 Å². The van der Waals surface area contributed by atoms with Crippen molar-refractivity contribution >= 4 is 0 Å². The summed E-state index contributed by atoms with van der Waals surface area (Å²) >= 11 is 0. The largest absolute Gasteiger partial charge is 0.0622 e. The van der Waals surface area contributed by atoms with Crippen LogP contribution in [0.3, 0.4) is 0 Å². The number of rotatable bonds is 2. The molecule has 0 spiro atoms. The molecule has 5 unspecified atom stereocenters. The van der Waals surface area contributed by atoms with Crippen LogP contribution in [0.4, 0.5) is 0 Å². The van der Waals surface area contributed by atoms with Crippen molar-refractivity contribution in [3.63, 3.8) is 0 Å². The van der Waals surface area contributed by atoms with Crippen LogP contribution in [0, 0.1) is 29.6 Å². The molecule has 0 bridgehead atoms. The van der Waals surface area contributed by atoms with E-state index in [4.69, 9.17) is 0 Å². The Hall–Kier alpha value is 0. The molecule has 100 valence electrons. The Labute approximate surface area is 109 Å². The summed E-state index contributed by atoms with van der Waals surface area (Å²) in [4.78, 5) is 0. The fourth-order valence-electron chi connectivity index (χ4n) is 4.75. The molecule has 0 amide bonds. The van der Waals surface area contributed by atoms with Gasteiger partial charge in [-0.1, -0.05) is 65.7 Å². The third-order valence-corrected chi connectivity index (χ3v) is 5.96. The molecule has 2 saturated carbocycles. The average molecular weight is 236 g/mol. The van der Waals surface area contributed by atoms with Crippen molar-refractivity contribution < 1.29 is 0 Å². The van der Waals surface area contributed by atoms with Gasteiger partial charge in [-0.2, -0.15) is 0 Å². The molecule has 0 N–H and O–H groups in total. The zero-order valence-electron chi connectivity index (χ0n) is 12.3. The zero-order chi connectivity index (χ0) is 12.3. The normalized spacial score (nSPS) is 41.8. The maximum atomic E-state index is 2.58. The molecular weight excluding hydrogens is 204 g/mol. The van der Waals surface area contributed by atoms with Crippen molar-refractivity contribution in [2.24, 2.45) is 29.6 Å². The molecule has 2 rings (SSSR count). The Morgan fingerprint density at radius 1 is 0.647 bits per heavy atom. The maximum Gasteiger partial charge on any atom is -0.0360 e. The van der Waals surface area contributed by atoms with E-state index >= 15 is 0 Å². The average Bonchev–Trinajstić information content (AvgIpc) is 2.54. The zero-order valence-corrected chi connectivity index (χ0v) is 12.3. The van der Waals surface area contributed by atoms with E-state index in [2.05, 4.69) is 20.8 Å². The minimum absolute atomic E-state index is 0.985. The highest BCUT2D eigenvalue weighted by molar-refractivity contribution is 4.84. The SMILES string of the molecule is CC1CCCCCC1C(C)C1CCCCC1C. The second-order valence-electron chi connectivity index (χ2n) is 7.06. The fourth-order valence-corrected chi connectivity index (χ4v) is 4.75. The highest BCUT2D eigenvalue weighted by Crippen LogP contribution is 2.43. The summed E-state index contributed by atoms with van der Waals surface area (Å²) in [5, 5.41) is 0. The first-order chi connectivity index (χ1) is 8.20. The second kappa shape index (κ2) is 6.25. The minimum Gasteiger partial charge on any atom is -0.0622 e. The summed E-state index contributed by atoms with van der Waals surface area (Å²) in [7, 11) is 0. The van der Waals surface area contributed by atoms with Gasteiger partial charge >= 0.3 is 0 Å². The quantitative estimate of drug-likeness (QED) is 0.542. The summed E-state index contributed by atoms with van der Waals surface area (Å²) in [6.07, 6.45) is 13.5. The molecule has 0 heterocycles. The van der Waals surface area contributed by atoms with Gasteiger partial charge in [0.25, 0.3) is 0 Å². The van der Waals surface area contributed by atoms with E-state index in [-0.39, 0.29) is 0 Å². The van der Waals surface area contributed by atoms with E-state index < -0.39 is 0 Å². The second-order valence-corrected chi connectivity index (χ2v) is 7.06. The Kier molecular flexibility index (Phi) is 4.94. The van der Waals surface area contributed by atoms with E-state index in [0.717, 1.165) is 29.6 Å². The predicted octanol–water partition coefficient (Wildman–Crippen LogP) is 5.67. The molecule has 0 radical (unpaired) electrons. The third kappa shape index (κ3) is 3.26. The molecule has 0 nitrogen and oxygen atoms in total. The lowest BCUT2D eigenvalue weighted by Gasteiger charge is -2.39. The van der Waals surface area contributed by atoms with Crippen LogP contribution < -0.4 is 0 Å². The maximum absolute atomic E-state index is 2.58. The lowest BCUT2D eigenvalue weighted by atomic mass is 9.66. The number of hydrogen-bond acceptors (Lipinski definition) is 0. The standard InChI is InChI=1S/C17H32/c1-13-9-5-4-6-11-16(13)15(3)17-12-8-7-10-14(17)2/h13-17H,4-12H2,1-3H3. The molecule has 0 aromatic rings. The monoisotopic (exact) mass is 236 g/mol. The van der Waals surface area contributed by atoms with Crippen LogP contribution >= 0.6 is 0 Å². The van der Waals surface area contributed by atoms with Crippen molar-refractivity contribution in [3.8, 4) is 0 Å². The number of hydrogen-bond donors (Lipinski definition) is 0. The molecule has 2 aliphatic rings. The highest BCUT2D eigenvalue weighted by Gasteiger charge is 2.33. The Balaban J connectivity index is 1.98. The van der Waals surface area contributed by atoms with Gasteiger partial charge in [0.1, 0.15) is 0 Å². The summed E-state index contributed by atoms with van der Waals surface area (Å²) in [5.41, 5.74) is 0. The van der Waals surface area contributed by atoms with Crippen LogP contribution in [0.5, 0.6) is 0 Å². The van der Waals surface area contributed by atoms with Gasteiger partial charge in [0.2, 0.25) is 0 Å². The Bertz CT molecular complexity index is 220. The molecule has 0 heteroatoms. The van der Waals surface area contributed by atoms with Crippen molar-refractivity contribution in [1.82, 2.24) is 0 Å². The molecule has 5 atom stereocenters. The van der Waals surface area contributed by atoms with Crippen LogP contribution in [0.15, 0.2) is 0 Å². The highest BCUT2D eigenvalue weighted by atomic mass is 14.4. The van der Waals surface area contributed by atoms with Gasteiger partial charge in [0, 0.05) is 0 Å². The smallest absolute Gasteiger partial charge is 0.0360 e. The van der Waals surface area contributed by atoms with Gasteiger partial charge in [0.05, 0.1) is 0 Å². The summed E-state index contributed by atoms with van der Waals surface area (Å²) in [5.74, 6) is 5.03. The van der Waals surface area contributed by atoms with Gasteiger partial charge < -0.3 is 0 Å². The first-order valence-electron chi connectivity index (χ1n) is 8.20. The summed E-state index contributed by atoms with van der Waals surface area (Å²) in [6, 6.07) is 0. The molecule has 0 aromatic carbocycles. The molecule has 0 aliphatic heterocycles. The molecule has 17 heavy (non-hydrogen) atoms. The third-order valence-electron chi connectivity index (χ3n) is 5.96. The fraction of sp³-hybridized carbons (Fsp3) is 1.00. The molecular formula is C17H32. The molecule has 2 aliphatic carbocycles. The first-order valence-corrected chi connectivity index (χ1v) is 8.20. The van der Waals surface area contributed by atoms with E-state index in [1.807, 2.05) is 0 Å². The van der Waals surface area contributed by atoms with Crippen molar-refractivity contribution in [2.45, 2.75) is 78.6 Å². The lowest BCUT2D eigenvalue weighted by Crippen LogP contribution is -2.31. The minimum atomic E-state index is 0.985. The van der Waals surface area contributed by atoms with E-state index in [1.165, 1.54) is 57.8 Å². The van der Waals surface area contributed by atoms with E-state index in [1.54, 1.807) is 0 Å². The molecule has 2 fully saturated rings. The van der Waals surface area contributed by atoms with Gasteiger partial charge in [-0.15, -0.1) is 0 Å². The van der Waals surface area contributed by atoms with Crippen molar-refractivity contribution in [3.05, 3.63) is 0 Å². The van der Waals surface area contributed by atoms with Crippen LogP contribution in [0.1, 0.15) is 78.6 Å². The van der Waals surface area contributed by atoms with Gasteiger partial charge in [-0.25, -0.2) is 0 Å². The van der Waals surface area contributed by atoms with Crippen molar-refractivity contribution in [1.29, 1.82) is 0 Å². The van der Waals surface area contributed by atoms with E-state index in [9.17, 15) is 0 Å². The van der Waals surface area contributed by atoms with Crippen LogP contribution in [-0.2, 0) is 0 Å². The molecule has 0 aromatic heterocycles. The summed E-state index contributed by atoms with van der Waals surface area (Å²) < 4.78 is 0. The van der Waals surface area contributed by atoms with E-state index in [0.29, 0.717) is 0 Å². The molecule has 0 saturated heterocycles. The van der Waals surface area contributed by atoms with Crippen molar-refractivity contribution in [2.75, 3.05) is 0 Å². The Morgan fingerprint density at radius 2 is 1.06 bits per heavy atom. The Morgan fingerprint density at radius 3 is 1.65 bits per heavy atom. The van der Waals surface area contributed by atoms with Gasteiger partial charge in [-0.3, -0.25) is 0 Å².